The number of aromatic nitrogens is 2. The predicted molar refractivity (Wildman–Crippen MR) is 79.7 cm³/mol. The summed E-state index contributed by atoms with van der Waals surface area (Å²) in [6.45, 7) is -0.381. The van der Waals surface area contributed by atoms with Crippen molar-refractivity contribution in [3.05, 3.63) is 16.7 Å². The Hall–Kier alpha value is -1.08. The highest BCUT2D eigenvalue weighted by Gasteiger charge is 2.43. The number of nitrogens with two attached hydrogens (primary N) is 1. The fourth-order valence-corrected chi connectivity index (χ4v) is 3.57. The van der Waals surface area contributed by atoms with Crippen LogP contribution in [0.4, 0.5) is 5.69 Å². The first-order valence-corrected chi connectivity index (χ1v) is 7.65. The van der Waals surface area contributed by atoms with Gasteiger partial charge in [-0.25, -0.2) is 10.8 Å². The van der Waals surface area contributed by atoms with Crippen LogP contribution in [0.15, 0.2) is 6.20 Å². The molecule has 0 amide bonds. The van der Waals surface area contributed by atoms with Crippen LogP contribution < -0.4 is 10.9 Å². The second kappa shape index (κ2) is 5.85. The van der Waals surface area contributed by atoms with Gasteiger partial charge < -0.3 is 20.1 Å². The SMILES string of the molecule is NN1CC(=O)c2nc(=S)n(S[C@@H]3O[C@H](CO)[C@@H](O)[C@H]3O)cc21. The molecule has 3 heterocycles. The minimum Gasteiger partial charge on any atom is -0.394 e. The summed E-state index contributed by atoms with van der Waals surface area (Å²) in [5.74, 6) is 5.50. The molecule has 0 aromatic carbocycles. The molecular formula is C11H14N4O5S2. The third kappa shape index (κ3) is 2.54. The highest BCUT2D eigenvalue weighted by molar-refractivity contribution is 7.98. The molecule has 1 fully saturated rings. The molecule has 22 heavy (non-hydrogen) atoms. The standard InChI is InChI=1S/C11H14N4O5S2/c12-14-2-5(17)7-4(14)1-15(11(21)13-7)22-10-9(19)8(18)6(3-16)20-10/h1,6,8-10,16,18-19H,2-3,12H2/t6-,8-,9-,10+/m1/s1. The van der Waals surface area contributed by atoms with E-state index in [9.17, 15) is 15.0 Å². The van der Waals surface area contributed by atoms with Gasteiger partial charge in [-0.05, 0) is 24.2 Å². The number of anilines is 1. The lowest BCUT2D eigenvalue weighted by Crippen LogP contribution is -2.33. The quantitative estimate of drug-likeness (QED) is 0.375. The first-order valence-electron chi connectivity index (χ1n) is 6.41. The number of hydrogen-bond acceptors (Lipinski definition) is 10. The summed E-state index contributed by atoms with van der Waals surface area (Å²) in [4.78, 5) is 15.7. The average molecular weight is 346 g/mol. The molecule has 2 aliphatic heterocycles. The number of carbonyl (C=O) groups excluding carboxylic acids is 1. The third-order valence-electron chi connectivity index (χ3n) is 3.48. The van der Waals surface area contributed by atoms with E-state index in [0.717, 1.165) is 11.9 Å². The smallest absolute Gasteiger partial charge is 0.210 e. The van der Waals surface area contributed by atoms with Gasteiger partial charge in [-0.3, -0.25) is 13.8 Å². The van der Waals surface area contributed by atoms with Gasteiger partial charge in [-0.1, -0.05) is 0 Å². The Morgan fingerprint density at radius 3 is 2.86 bits per heavy atom. The van der Waals surface area contributed by atoms with Crippen LogP contribution in [-0.2, 0) is 4.74 Å². The van der Waals surface area contributed by atoms with Crippen molar-refractivity contribution in [1.29, 1.82) is 0 Å². The minimum atomic E-state index is -1.19. The lowest BCUT2D eigenvalue weighted by molar-refractivity contribution is -0.00813. The third-order valence-corrected chi connectivity index (χ3v) is 4.99. The number of ketones is 1. The molecule has 1 aromatic rings. The molecular weight excluding hydrogens is 332 g/mol. The summed E-state index contributed by atoms with van der Waals surface area (Å²) in [5.41, 5.74) is -0.189. The zero-order chi connectivity index (χ0) is 16.0. The Labute approximate surface area is 134 Å². The van der Waals surface area contributed by atoms with Crippen molar-refractivity contribution in [3.63, 3.8) is 0 Å². The Morgan fingerprint density at radius 1 is 1.50 bits per heavy atom. The van der Waals surface area contributed by atoms with E-state index in [1.54, 1.807) is 0 Å². The number of nitrogens with zero attached hydrogens (tertiary/aromatic N) is 3. The van der Waals surface area contributed by atoms with Gasteiger partial charge in [0.1, 0.15) is 24.0 Å². The molecule has 9 nitrogen and oxygen atoms in total. The Balaban J connectivity index is 1.87. The van der Waals surface area contributed by atoms with Crippen molar-refractivity contribution in [1.82, 2.24) is 8.96 Å². The topological polar surface area (TPSA) is 134 Å². The van der Waals surface area contributed by atoms with Gasteiger partial charge in [0.25, 0.3) is 0 Å². The number of Topliss-reactive ketones (excluding diaryl/α,β-unsaturated/α-hetero) is 1. The van der Waals surface area contributed by atoms with Crippen molar-refractivity contribution >= 4 is 35.6 Å². The van der Waals surface area contributed by atoms with E-state index in [1.165, 1.54) is 15.2 Å². The number of aliphatic hydroxyl groups excluding tert-OH is 3. The van der Waals surface area contributed by atoms with E-state index < -0.39 is 30.4 Å². The monoisotopic (exact) mass is 346 g/mol. The van der Waals surface area contributed by atoms with Gasteiger partial charge in [0.05, 0.1) is 18.8 Å². The maximum Gasteiger partial charge on any atom is 0.210 e. The summed E-state index contributed by atoms with van der Waals surface area (Å²) < 4.78 is 6.92. The van der Waals surface area contributed by atoms with E-state index in [0.29, 0.717) is 5.69 Å². The number of hydrogen-bond donors (Lipinski definition) is 4. The van der Waals surface area contributed by atoms with Gasteiger partial charge in [-0.2, -0.15) is 0 Å². The van der Waals surface area contributed by atoms with Gasteiger partial charge in [0.2, 0.25) is 10.6 Å². The summed E-state index contributed by atoms with van der Waals surface area (Å²) >= 11 is 6.11. The van der Waals surface area contributed by atoms with Crippen LogP contribution in [0.25, 0.3) is 0 Å². The maximum atomic E-state index is 11.7. The maximum absolute atomic E-state index is 11.7. The molecule has 0 unspecified atom stereocenters. The Bertz CT molecular complexity index is 668. The van der Waals surface area contributed by atoms with Crippen molar-refractivity contribution in [3.8, 4) is 0 Å². The molecule has 2 aliphatic rings. The van der Waals surface area contributed by atoms with Crippen LogP contribution >= 0.6 is 24.2 Å². The fraction of sp³-hybridized carbons (Fsp3) is 0.545. The van der Waals surface area contributed by atoms with Crippen LogP contribution in [0.2, 0.25) is 0 Å². The molecule has 3 rings (SSSR count). The van der Waals surface area contributed by atoms with Crippen molar-refractivity contribution in [2.24, 2.45) is 5.84 Å². The molecule has 11 heteroatoms. The van der Waals surface area contributed by atoms with Crippen molar-refractivity contribution in [2.45, 2.75) is 23.7 Å². The van der Waals surface area contributed by atoms with Gasteiger partial charge >= 0.3 is 0 Å². The van der Waals surface area contributed by atoms with Gasteiger partial charge in [0.15, 0.2) is 5.44 Å². The molecule has 1 saturated heterocycles. The molecule has 5 N–H and O–H groups in total. The van der Waals surface area contributed by atoms with Crippen molar-refractivity contribution in [2.75, 3.05) is 18.2 Å². The van der Waals surface area contributed by atoms with Gasteiger partial charge in [-0.15, -0.1) is 0 Å². The van der Waals surface area contributed by atoms with E-state index in [4.69, 9.17) is 27.9 Å². The number of ether oxygens (including phenoxy) is 1. The summed E-state index contributed by atoms with van der Waals surface area (Å²) in [7, 11) is 0. The first kappa shape index (κ1) is 15.8. The highest BCUT2D eigenvalue weighted by atomic mass is 32.2. The molecule has 1 aromatic heterocycles. The lowest BCUT2D eigenvalue weighted by atomic mass is 10.2. The number of rotatable bonds is 3. The largest absolute Gasteiger partial charge is 0.394 e. The first-order chi connectivity index (χ1) is 10.4. The fourth-order valence-electron chi connectivity index (χ4n) is 2.30. The number of carbonyl (C=O) groups is 1. The summed E-state index contributed by atoms with van der Waals surface area (Å²) in [5, 5.41) is 30.0. The van der Waals surface area contributed by atoms with Crippen LogP contribution in [0.5, 0.6) is 0 Å². The number of aliphatic hydroxyl groups is 3. The van der Waals surface area contributed by atoms with E-state index in [1.807, 2.05) is 0 Å². The van der Waals surface area contributed by atoms with Crippen LogP contribution in [0, 0.1) is 4.77 Å². The summed E-state index contributed by atoms with van der Waals surface area (Å²) in [6, 6.07) is 0. The van der Waals surface area contributed by atoms with E-state index in [-0.39, 0.29) is 22.8 Å². The highest BCUT2D eigenvalue weighted by Crippen LogP contribution is 2.32. The van der Waals surface area contributed by atoms with E-state index in [2.05, 4.69) is 4.98 Å². The molecule has 0 bridgehead atoms. The van der Waals surface area contributed by atoms with Crippen LogP contribution in [0.1, 0.15) is 10.5 Å². The molecule has 0 saturated carbocycles. The average Bonchev–Trinajstić information content (AvgIpc) is 2.91. The molecule has 0 spiro atoms. The van der Waals surface area contributed by atoms with Crippen LogP contribution in [0.3, 0.4) is 0 Å². The second-order valence-corrected chi connectivity index (χ2v) is 6.38. The zero-order valence-electron chi connectivity index (χ0n) is 11.2. The zero-order valence-corrected chi connectivity index (χ0v) is 12.8. The molecule has 0 radical (unpaired) electrons. The van der Waals surface area contributed by atoms with Crippen molar-refractivity contribution < 1.29 is 24.9 Å². The minimum absolute atomic E-state index is 0.0274. The molecule has 120 valence electrons. The predicted octanol–water partition coefficient (Wildman–Crippen LogP) is -1.58. The normalized spacial score (nSPS) is 30.9. The lowest BCUT2D eigenvalue weighted by Gasteiger charge is -2.17. The second-order valence-electron chi connectivity index (χ2n) is 4.95. The van der Waals surface area contributed by atoms with Gasteiger partial charge in [0, 0.05) is 6.20 Å². The summed E-state index contributed by atoms with van der Waals surface area (Å²) in [6.07, 6.45) is -1.70. The molecule has 4 atom stereocenters. The number of hydrazine groups is 1. The Kier molecular flexibility index (Phi) is 4.20. The van der Waals surface area contributed by atoms with E-state index >= 15 is 0 Å². The Morgan fingerprint density at radius 2 is 2.23 bits per heavy atom. The molecule has 0 aliphatic carbocycles. The van der Waals surface area contributed by atoms with Crippen LogP contribution in [-0.4, -0.2) is 67.0 Å². The number of fused-ring (bicyclic) bond motifs is 1.